The third-order valence-corrected chi connectivity index (χ3v) is 29.2. The molecule has 0 unspecified atom stereocenters. The second kappa shape index (κ2) is 49.9. The third kappa shape index (κ3) is 30.0. The Bertz CT molecular complexity index is 7130. The zero-order valence-corrected chi connectivity index (χ0v) is 90.7. The topological polar surface area (TPSA) is 401 Å². The standard InChI is InChI=1S/C19H19N5O3S2.C18H20N2O2.C17H14N4O.C13H16BrNO2.C13H12N2.C8H4BrNO2.C8H8BrN.C5H9N3O2S2.CH3.B2H3.W/c1-12-17(29(20,26)27)28-18(22-12)23(2)19(25)24-10-14-7-6-13(9-15(14)11-24)16-5-3-4-8-21-16;1-18(2,3)22-17(21)20-11-14-8-7-13(10-15(14)12-20)16-6-4-5-9-19-16;22-17(20-8-7-18-12-20)21-10-14-5-4-13(9-15(14)11-21)16-3-1-2-6-19-16;1-13(2,3)17-12(16)15-7-9-4-5-11(14)6-10(9)8-15;1-2-6-15-13(3-1)10-4-5-11-8-14-9-12(11)7-10;9-4-1-2-5-6(3-4)8(12)10-7(5)11;9-8-2-1-6-4-10-5-7(6)3-8;1-3-4(12(6,9)10)11-5(7-2)8-3;;1-2;/h3-9H,10-11H2,1-2H3,(H2,20,26,27);4-10H,11-12H2,1-3H3;1-9,12H,10-11H2;4-6H,7-8H2,1-3H3;1-7,14H,8-9H2;1-3H,(H,10,11,12);1-3,10H,4-5H2;1-2H3,(H,7,8)(H2,6,9,10);1H3;1H3;/q;;;;;;;;2*-1;. The van der Waals surface area contributed by atoms with Crippen molar-refractivity contribution in [2.75, 3.05) is 24.3 Å². The number of anilines is 2. The number of carbonyl (C=O) groups is 6. The molecule has 0 atom stereocenters. The van der Waals surface area contributed by atoms with Crippen LogP contribution in [-0.2, 0) is 129 Å². The van der Waals surface area contributed by atoms with Crippen molar-refractivity contribution in [2.24, 2.45) is 10.3 Å². The van der Waals surface area contributed by atoms with Crippen molar-refractivity contribution >= 4 is 152 Å². The fourth-order valence-corrected chi connectivity index (χ4v) is 20.4. The van der Waals surface area contributed by atoms with E-state index in [4.69, 9.17) is 27.5 Å². The zero-order valence-electron chi connectivity index (χ0n) is 79.7. The average Bonchev–Trinajstić information content (AvgIpc) is 1.61. The molecule has 31 nitrogen and oxygen atoms in total. The molecule has 21 rings (SSSR count). The second-order valence-electron chi connectivity index (χ2n) is 34.9. The monoisotopic (exact) mass is 2360 g/mol. The number of fused-ring (bicyclic) bond motifs is 7. The average molecular weight is 2370 g/mol. The van der Waals surface area contributed by atoms with Gasteiger partial charge in [-0.1, -0.05) is 163 Å². The number of rotatable bonds is 8. The van der Waals surface area contributed by atoms with Gasteiger partial charge >= 0.3 is 24.2 Å². The first-order valence-electron chi connectivity index (χ1n) is 43.9. The Balaban J connectivity index is 0.000000158. The van der Waals surface area contributed by atoms with Gasteiger partial charge in [0, 0.05) is 187 Å². The van der Waals surface area contributed by atoms with Crippen molar-refractivity contribution in [3.8, 4) is 45.0 Å². The molecule has 7 aromatic carbocycles. The quantitative estimate of drug-likeness (QED) is 0.0467. The molecule has 0 aliphatic carbocycles. The first-order valence-corrected chi connectivity index (χ1v) is 51.0. The number of aromatic nitrogens is 8. The maximum Gasteiger partial charge on any atom is 0.410 e. The fraction of sp³-hybridized carbons (Fsp3) is 0.235. The van der Waals surface area contributed by atoms with Crippen molar-refractivity contribution in [1.82, 2.24) is 75.0 Å². The van der Waals surface area contributed by atoms with Gasteiger partial charge in [0.05, 0.1) is 45.3 Å². The number of benzene rings is 7. The maximum atomic E-state index is 13.0. The summed E-state index contributed by atoms with van der Waals surface area (Å²) in [7, 11) is 0.777. The van der Waals surface area contributed by atoms with Gasteiger partial charge in [-0.3, -0.25) is 54.1 Å². The summed E-state index contributed by atoms with van der Waals surface area (Å²) in [6, 6.07) is 65.9. The van der Waals surface area contributed by atoms with Crippen LogP contribution in [0, 0.1) is 21.3 Å². The summed E-state index contributed by atoms with van der Waals surface area (Å²) < 4.78 is 60.5. The third-order valence-electron chi connectivity index (χ3n) is 22.2. The molecule has 41 heteroatoms. The van der Waals surface area contributed by atoms with Crippen LogP contribution in [0.4, 0.5) is 29.4 Å². The Morgan fingerprint density at radius 1 is 0.455 bits per heavy atom. The van der Waals surface area contributed by atoms with Crippen LogP contribution in [0.1, 0.15) is 140 Å². The number of thiazole rings is 2. The van der Waals surface area contributed by atoms with Gasteiger partial charge < -0.3 is 42.7 Å². The summed E-state index contributed by atoms with van der Waals surface area (Å²) in [6.07, 6.45) is 11.5. The van der Waals surface area contributed by atoms with Gasteiger partial charge in [-0.25, -0.2) is 61.2 Å². The number of carbonyl (C=O) groups excluding carboxylic acids is 6. The smallest absolute Gasteiger partial charge is 0.410 e. The number of urea groups is 1. The normalized spacial score (nSPS) is 13.4. The molecule has 8 N–H and O–H groups in total. The largest absolute Gasteiger partial charge is 0.444 e. The van der Waals surface area contributed by atoms with E-state index in [9.17, 15) is 45.6 Å². The van der Waals surface area contributed by atoms with Crippen molar-refractivity contribution in [3.05, 3.63) is 354 Å². The molecule has 742 valence electrons. The number of hydrogen-bond acceptors (Lipinski definition) is 24. The van der Waals surface area contributed by atoms with Crippen LogP contribution in [-0.4, -0.2) is 153 Å². The summed E-state index contributed by atoms with van der Waals surface area (Å²) in [5.74, 6) is -0.640. The van der Waals surface area contributed by atoms with Crippen LogP contribution < -0.4 is 36.4 Å². The summed E-state index contributed by atoms with van der Waals surface area (Å²) in [5, 5.41) is 22.6. The van der Waals surface area contributed by atoms with E-state index in [1.54, 1.807) is 91.8 Å². The molecule has 0 saturated heterocycles. The van der Waals surface area contributed by atoms with E-state index in [1.165, 1.54) is 75.9 Å². The molecule has 0 bridgehead atoms. The Kier molecular flexibility index (Phi) is 38.8. The van der Waals surface area contributed by atoms with E-state index in [0.717, 1.165) is 114 Å². The zero-order chi connectivity index (χ0) is 101. The minimum atomic E-state index is -3.87. The van der Waals surface area contributed by atoms with Crippen LogP contribution in [0.15, 0.2) is 266 Å². The number of nitrogens with zero attached hydrogens (tertiary/aromatic N) is 13. The Labute approximate surface area is 882 Å². The van der Waals surface area contributed by atoms with E-state index in [-0.39, 0.29) is 86.4 Å². The fourth-order valence-electron chi connectivity index (χ4n) is 15.6. The summed E-state index contributed by atoms with van der Waals surface area (Å²) in [4.78, 5) is 109. The molecule has 2 radical (unpaired) electrons. The summed E-state index contributed by atoms with van der Waals surface area (Å²) >= 11 is 12.0. The van der Waals surface area contributed by atoms with Crippen LogP contribution in [0.2, 0.25) is 0 Å². The van der Waals surface area contributed by atoms with Gasteiger partial charge in [-0.15, -0.1) is 0 Å². The number of nitrogens with two attached hydrogens (primary N) is 2. The number of pyridine rings is 4. The SMILES string of the molecule is Brc1ccc2c(c1)CNC2.CC(C)(C)OC(=O)N1Cc2ccc(-c3ccccn3)cc2C1.CC(C)(C)OC(=O)N1Cc2ccc(Br)cc2C1.CNc1nc(C)c(S(N)(=O)=O)s1.Cc1nc(N(C)C(=O)N2Cc3ccc(-c4ccccn4)cc3C2)sc1S(N)(=O)=O.O=C(N1Cc2ccc(-c3ccccn3)cc2C1)n1ccnc1.O=C1NC(=O)c2cc(Br)ccc21.[B][BH3-].[CH3-].[W].c1ccc(-c2ccc3c(c2)CNC3)nc1. The number of primary sulfonamides is 2. The van der Waals surface area contributed by atoms with Gasteiger partial charge in [-0.05, 0) is 237 Å². The number of nitrogens with one attached hydrogen (secondary N) is 4. The minimum absolute atomic E-state index is 0. The predicted molar refractivity (Wildman–Crippen MR) is 568 cm³/mol. The van der Waals surface area contributed by atoms with Gasteiger partial charge in [0.1, 0.15) is 17.5 Å². The van der Waals surface area contributed by atoms with Gasteiger partial charge in [-0.2, -0.15) is 7.74 Å². The molecule has 143 heavy (non-hydrogen) atoms. The van der Waals surface area contributed by atoms with Crippen molar-refractivity contribution in [3.63, 3.8) is 0 Å². The van der Waals surface area contributed by atoms with Crippen LogP contribution in [0.5, 0.6) is 0 Å². The number of halogens is 3. The van der Waals surface area contributed by atoms with E-state index in [2.05, 4.69) is 189 Å². The van der Waals surface area contributed by atoms with Gasteiger partial charge in [0.25, 0.3) is 11.8 Å². The molecule has 0 fully saturated rings. The molecular weight excluding hydrogens is 2260 g/mol. The van der Waals surface area contributed by atoms with Crippen molar-refractivity contribution < 1.29 is 76.1 Å². The van der Waals surface area contributed by atoms with Gasteiger partial charge in [0.15, 0.2) is 18.7 Å². The molecule has 7 amide bonds. The van der Waals surface area contributed by atoms with Crippen molar-refractivity contribution in [1.29, 1.82) is 0 Å². The summed E-state index contributed by atoms with van der Waals surface area (Å²) in [5.41, 5.74) is 23.8. The van der Waals surface area contributed by atoms with Crippen molar-refractivity contribution in [2.45, 2.75) is 154 Å². The molecule has 0 saturated carbocycles. The van der Waals surface area contributed by atoms with E-state index in [0.29, 0.717) is 79.4 Å². The van der Waals surface area contributed by atoms with Crippen LogP contribution >= 0.6 is 70.5 Å². The number of amides is 7. The molecule has 14 heterocycles. The second-order valence-corrected chi connectivity index (χ2v) is 43.1. The predicted octanol–water partition coefficient (Wildman–Crippen LogP) is 18.1. The van der Waals surface area contributed by atoms with Crippen LogP contribution in [0.3, 0.4) is 0 Å². The maximum absolute atomic E-state index is 13.0. The Morgan fingerprint density at radius 2 is 0.804 bits per heavy atom. The van der Waals surface area contributed by atoms with Crippen LogP contribution in [0.25, 0.3) is 45.0 Å². The minimum Gasteiger partial charge on any atom is -0.444 e. The van der Waals surface area contributed by atoms with E-state index in [1.807, 2.05) is 150 Å². The molecule has 7 aliphatic rings. The number of imide groups is 1. The number of hydrogen-bond donors (Lipinski definition) is 6. The van der Waals surface area contributed by atoms with Gasteiger partial charge in [0.2, 0.25) is 20.0 Å². The number of ether oxygens (including phenoxy) is 2. The first-order chi connectivity index (χ1) is 67.2. The molecule has 14 aromatic rings. The van der Waals surface area contributed by atoms with E-state index < -0.39 is 31.2 Å². The Morgan fingerprint density at radius 3 is 1.21 bits per heavy atom. The van der Waals surface area contributed by atoms with E-state index >= 15 is 0 Å². The number of imidazole rings is 1. The molecular formula is C102H108B2Br3N19O12S4W-2. The molecule has 7 aliphatic heterocycles. The molecule has 7 aromatic heterocycles. The first kappa shape index (κ1) is 111. The summed E-state index contributed by atoms with van der Waals surface area (Å²) in [6.45, 7) is 23.1. The molecule has 0 spiro atoms. The number of aryl methyl sites for hydroxylation is 2. The Hall–Kier alpha value is -12.2. The number of sulfonamides is 2.